The van der Waals surface area contributed by atoms with E-state index in [1.165, 1.54) is 44.2 Å². The molecule has 3 fully saturated rings. The van der Waals surface area contributed by atoms with Gasteiger partial charge in [-0.25, -0.2) is 4.79 Å². The molecule has 1 aromatic rings. The molecule has 0 bridgehead atoms. The molecule has 2 heterocycles. The van der Waals surface area contributed by atoms with E-state index in [1.807, 2.05) is 4.90 Å². The number of methoxy groups -OCH3 is 1. The van der Waals surface area contributed by atoms with Crippen molar-refractivity contribution in [2.45, 2.75) is 70.3 Å². The molecule has 33 heavy (non-hydrogen) atoms. The third-order valence-electron chi connectivity index (χ3n) is 8.39. The number of esters is 1. The summed E-state index contributed by atoms with van der Waals surface area (Å²) in [5.74, 6) is 1.41. The lowest BCUT2D eigenvalue weighted by molar-refractivity contribution is -0.141. The normalized spacial score (nSPS) is 26.3. The molecule has 2 aliphatic heterocycles. The molecule has 0 aromatic heterocycles. The first-order chi connectivity index (χ1) is 16.1. The van der Waals surface area contributed by atoms with Gasteiger partial charge in [-0.1, -0.05) is 6.07 Å². The highest BCUT2D eigenvalue weighted by Crippen LogP contribution is 2.34. The summed E-state index contributed by atoms with van der Waals surface area (Å²) in [6, 6.07) is 7.25. The van der Waals surface area contributed by atoms with Gasteiger partial charge >= 0.3 is 12.0 Å². The molecule has 2 saturated carbocycles. The van der Waals surface area contributed by atoms with Crippen molar-refractivity contribution in [2.75, 3.05) is 44.7 Å². The van der Waals surface area contributed by atoms with Crippen LogP contribution in [0, 0.1) is 11.8 Å². The van der Waals surface area contributed by atoms with Crippen LogP contribution in [0.1, 0.15) is 62.5 Å². The van der Waals surface area contributed by atoms with E-state index in [-0.39, 0.29) is 12.0 Å². The zero-order chi connectivity index (χ0) is 22.8. The van der Waals surface area contributed by atoms with Crippen LogP contribution in [-0.4, -0.2) is 67.7 Å². The summed E-state index contributed by atoms with van der Waals surface area (Å²) in [6.45, 7) is 5.19. The maximum absolute atomic E-state index is 13.3. The van der Waals surface area contributed by atoms with E-state index < -0.39 is 0 Å². The van der Waals surface area contributed by atoms with E-state index in [4.69, 9.17) is 4.74 Å². The van der Waals surface area contributed by atoms with Crippen molar-refractivity contribution in [3.05, 3.63) is 29.3 Å². The molecule has 4 aliphatic rings. The van der Waals surface area contributed by atoms with Gasteiger partial charge in [0, 0.05) is 50.9 Å². The number of nitrogens with zero attached hydrogens (tertiary/aromatic N) is 3. The van der Waals surface area contributed by atoms with E-state index >= 15 is 0 Å². The van der Waals surface area contributed by atoms with Crippen molar-refractivity contribution in [3.63, 3.8) is 0 Å². The molecular weight excluding hydrogens is 414 g/mol. The van der Waals surface area contributed by atoms with Crippen molar-refractivity contribution in [3.8, 4) is 0 Å². The van der Waals surface area contributed by atoms with Gasteiger partial charge in [0.1, 0.15) is 0 Å². The summed E-state index contributed by atoms with van der Waals surface area (Å²) in [6.07, 6.45) is 10.8. The van der Waals surface area contributed by atoms with Gasteiger partial charge in [-0.3, -0.25) is 9.69 Å². The Labute approximate surface area is 198 Å². The number of amides is 2. The van der Waals surface area contributed by atoms with Gasteiger partial charge in [-0.2, -0.15) is 0 Å². The Morgan fingerprint density at radius 1 is 0.939 bits per heavy atom. The fourth-order valence-electron chi connectivity index (χ4n) is 6.08. The first kappa shape index (κ1) is 22.7. The van der Waals surface area contributed by atoms with Gasteiger partial charge in [0.15, 0.2) is 0 Å². The summed E-state index contributed by atoms with van der Waals surface area (Å²) < 4.78 is 4.78. The summed E-state index contributed by atoms with van der Waals surface area (Å²) in [7, 11) is 1.46. The average molecular weight is 454 g/mol. The van der Waals surface area contributed by atoms with E-state index in [9.17, 15) is 9.59 Å². The number of hydrogen-bond donors (Lipinski definition) is 0. The van der Waals surface area contributed by atoms with Crippen LogP contribution in [0.2, 0.25) is 0 Å². The van der Waals surface area contributed by atoms with Gasteiger partial charge in [0.2, 0.25) is 0 Å². The summed E-state index contributed by atoms with van der Waals surface area (Å²) in [4.78, 5) is 31.5. The monoisotopic (exact) mass is 453 g/mol. The number of benzene rings is 1. The third-order valence-corrected chi connectivity index (χ3v) is 8.39. The van der Waals surface area contributed by atoms with E-state index in [0.717, 1.165) is 76.2 Å². The molecule has 6 heteroatoms. The van der Waals surface area contributed by atoms with Crippen LogP contribution in [0.4, 0.5) is 10.5 Å². The fourth-order valence-corrected chi connectivity index (χ4v) is 6.08. The second kappa shape index (κ2) is 10.0. The molecule has 1 saturated heterocycles. The predicted octanol–water partition coefficient (Wildman–Crippen LogP) is 4.25. The summed E-state index contributed by atoms with van der Waals surface area (Å²) >= 11 is 0. The van der Waals surface area contributed by atoms with Crippen molar-refractivity contribution in [2.24, 2.45) is 11.8 Å². The van der Waals surface area contributed by atoms with Gasteiger partial charge in [-0.05, 0) is 92.9 Å². The molecule has 0 atom stereocenters. The van der Waals surface area contributed by atoms with E-state index in [2.05, 4.69) is 28.0 Å². The molecule has 5 rings (SSSR count). The Morgan fingerprint density at radius 2 is 1.67 bits per heavy atom. The lowest BCUT2D eigenvalue weighted by Gasteiger charge is -2.34. The number of hydrogen-bond acceptors (Lipinski definition) is 4. The zero-order valence-electron chi connectivity index (χ0n) is 20.1. The highest BCUT2D eigenvalue weighted by atomic mass is 16.5. The van der Waals surface area contributed by atoms with E-state index in [0.29, 0.717) is 18.4 Å². The summed E-state index contributed by atoms with van der Waals surface area (Å²) in [5, 5.41) is 0. The maximum Gasteiger partial charge on any atom is 0.324 e. The Kier molecular flexibility index (Phi) is 6.91. The summed E-state index contributed by atoms with van der Waals surface area (Å²) in [5.41, 5.74) is 3.97. The molecule has 0 unspecified atom stereocenters. The molecule has 2 amide bonds. The van der Waals surface area contributed by atoms with Gasteiger partial charge in [-0.15, -0.1) is 0 Å². The van der Waals surface area contributed by atoms with Crippen LogP contribution in [0.25, 0.3) is 0 Å². The molecule has 2 aliphatic carbocycles. The molecule has 0 radical (unpaired) electrons. The average Bonchev–Trinajstić information content (AvgIpc) is 3.62. The SMILES string of the molecule is COC(=O)CCC1CCC(N2CCN(c3ccc4c(c3)CCN(CC3CC3)CC4)C2=O)CC1. The van der Waals surface area contributed by atoms with Crippen LogP contribution in [0.15, 0.2) is 18.2 Å². The Morgan fingerprint density at radius 3 is 2.39 bits per heavy atom. The number of carbonyl (C=O) groups excluding carboxylic acids is 2. The first-order valence-electron chi connectivity index (χ1n) is 13.1. The Bertz CT molecular complexity index is 860. The van der Waals surface area contributed by atoms with Crippen LogP contribution in [0.3, 0.4) is 0 Å². The van der Waals surface area contributed by atoms with Crippen LogP contribution in [-0.2, 0) is 22.4 Å². The lowest BCUT2D eigenvalue weighted by Crippen LogP contribution is -2.41. The molecular formula is C27H39N3O3. The van der Waals surface area contributed by atoms with Gasteiger partial charge in [0.05, 0.1) is 7.11 Å². The van der Waals surface area contributed by atoms with E-state index in [1.54, 1.807) is 0 Å². The maximum atomic E-state index is 13.3. The highest BCUT2D eigenvalue weighted by Gasteiger charge is 2.36. The van der Waals surface area contributed by atoms with Crippen LogP contribution < -0.4 is 4.90 Å². The zero-order valence-corrected chi connectivity index (χ0v) is 20.1. The molecule has 0 N–H and O–H groups in total. The topological polar surface area (TPSA) is 53.1 Å². The van der Waals surface area contributed by atoms with Gasteiger partial charge in [0.25, 0.3) is 0 Å². The van der Waals surface area contributed by atoms with Crippen molar-refractivity contribution < 1.29 is 14.3 Å². The fraction of sp³-hybridized carbons (Fsp3) is 0.704. The second-order valence-corrected chi connectivity index (χ2v) is 10.6. The third kappa shape index (κ3) is 5.37. The molecule has 1 aromatic carbocycles. The number of anilines is 1. The number of carbonyl (C=O) groups is 2. The minimum atomic E-state index is -0.112. The van der Waals surface area contributed by atoms with Gasteiger partial charge < -0.3 is 14.5 Å². The smallest absolute Gasteiger partial charge is 0.324 e. The van der Waals surface area contributed by atoms with Crippen LogP contribution >= 0.6 is 0 Å². The lowest BCUT2D eigenvalue weighted by atomic mass is 9.83. The minimum Gasteiger partial charge on any atom is -0.469 e. The predicted molar refractivity (Wildman–Crippen MR) is 129 cm³/mol. The molecule has 180 valence electrons. The molecule has 0 spiro atoms. The number of fused-ring (bicyclic) bond motifs is 1. The number of ether oxygens (including phenoxy) is 1. The minimum absolute atomic E-state index is 0.112. The standard InChI is InChI=1S/C27H39N3O3/c1-33-26(31)11-6-20-4-8-24(9-5-20)29-16-17-30(27(29)32)25-10-7-22-12-14-28(19-21-2-3-21)15-13-23(22)18-25/h7,10,18,20-21,24H,2-6,8-9,11-17,19H2,1H3. The Hall–Kier alpha value is -2.08. The van der Waals surface area contributed by atoms with Crippen molar-refractivity contribution >= 4 is 17.7 Å². The number of urea groups is 1. The largest absolute Gasteiger partial charge is 0.469 e. The van der Waals surface area contributed by atoms with Crippen molar-refractivity contribution in [1.29, 1.82) is 0 Å². The second-order valence-electron chi connectivity index (χ2n) is 10.6. The number of rotatable bonds is 7. The van der Waals surface area contributed by atoms with Crippen molar-refractivity contribution in [1.82, 2.24) is 9.80 Å². The molecule has 6 nitrogen and oxygen atoms in total. The Balaban J connectivity index is 1.16. The van der Waals surface area contributed by atoms with Crippen LogP contribution in [0.5, 0.6) is 0 Å². The highest BCUT2D eigenvalue weighted by molar-refractivity contribution is 5.94. The quantitative estimate of drug-likeness (QED) is 0.579. The first-order valence-corrected chi connectivity index (χ1v) is 13.1.